The van der Waals surface area contributed by atoms with E-state index in [4.69, 9.17) is 0 Å². The summed E-state index contributed by atoms with van der Waals surface area (Å²) in [5, 5.41) is 10.3. The van der Waals surface area contributed by atoms with Crippen molar-refractivity contribution in [3.8, 4) is 0 Å². The minimum atomic E-state index is -0.190. The number of piperidine rings is 1. The van der Waals surface area contributed by atoms with E-state index in [1.807, 2.05) is 6.07 Å². The van der Waals surface area contributed by atoms with Crippen molar-refractivity contribution in [2.24, 2.45) is 5.92 Å². The number of nitrogens with zero attached hydrogens (tertiary/aromatic N) is 1. The molecule has 2 heteroatoms. The fourth-order valence-corrected chi connectivity index (χ4v) is 2.92. The normalized spacial score (nSPS) is 30.4. The van der Waals surface area contributed by atoms with Gasteiger partial charge in [-0.05, 0) is 37.3 Å². The van der Waals surface area contributed by atoms with Crippen LogP contribution in [0.15, 0.2) is 30.3 Å². The highest BCUT2D eigenvalue weighted by Gasteiger charge is 2.31. The van der Waals surface area contributed by atoms with Gasteiger partial charge in [-0.15, -0.1) is 0 Å². The molecule has 0 aromatic heterocycles. The Morgan fingerprint density at radius 2 is 1.88 bits per heavy atom. The van der Waals surface area contributed by atoms with E-state index < -0.39 is 0 Å². The first kappa shape index (κ1) is 11.2. The molecule has 1 saturated heterocycles. The molecule has 2 nitrogen and oxygen atoms in total. The molecular formula is C15H21NO. The predicted octanol–water partition coefficient (Wildman–Crippen LogP) is 2.25. The SMILES string of the molecule is O[C@@H]1CN(CC2CC2)CC[C@@H]1c1ccccc1. The van der Waals surface area contributed by atoms with E-state index in [2.05, 4.69) is 29.2 Å². The first-order valence-electron chi connectivity index (χ1n) is 6.78. The Balaban J connectivity index is 1.61. The Morgan fingerprint density at radius 3 is 2.53 bits per heavy atom. The lowest BCUT2D eigenvalue weighted by molar-refractivity contribution is 0.0492. The van der Waals surface area contributed by atoms with E-state index in [0.717, 1.165) is 25.4 Å². The number of β-amino-alcohol motifs (C(OH)–C–C–N with tert-alkyl or cyclic N) is 1. The number of rotatable bonds is 3. The van der Waals surface area contributed by atoms with E-state index in [0.29, 0.717) is 5.92 Å². The fraction of sp³-hybridized carbons (Fsp3) is 0.600. The lowest BCUT2D eigenvalue weighted by atomic mass is 9.87. The number of aliphatic hydroxyl groups is 1. The van der Waals surface area contributed by atoms with Crippen molar-refractivity contribution in [3.05, 3.63) is 35.9 Å². The smallest absolute Gasteiger partial charge is 0.0735 e. The molecule has 1 aromatic carbocycles. The third kappa shape index (κ3) is 2.70. The minimum Gasteiger partial charge on any atom is -0.391 e. The molecule has 0 bridgehead atoms. The van der Waals surface area contributed by atoms with Crippen molar-refractivity contribution < 1.29 is 5.11 Å². The molecule has 0 unspecified atom stereocenters. The summed E-state index contributed by atoms with van der Waals surface area (Å²) in [5.74, 6) is 1.27. The van der Waals surface area contributed by atoms with E-state index >= 15 is 0 Å². The number of aliphatic hydroxyl groups excluding tert-OH is 1. The number of likely N-dealkylation sites (tertiary alicyclic amines) is 1. The highest BCUT2D eigenvalue weighted by atomic mass is 16.3. The van der Waals surface area contributed by atoms with Crippen molar-refractivity contribution in [2.45, 2.75) is 31.3 Å². The monoisotopic (exact) mass is 231 g/mol. The Morgan fingerprint density at radius 1 is 1.12 bits per heavy atom. The standard InChI is InChI=1S/C15H21NO/c17-15-11-16(10-12-6-7-12)9-8-14(15)13-4-2-1-3-5-13/h1-5,12,14-15,17H,6-11H2/t14-,15-/m1/s1. The van der Waals surface area contributed by atoms with Crippen molar-refractivity contribution in [1.82, 2.24) is 4.90 Å². The summed E-state index contributed by atoms with van der Waals surface area (Å²) in [6.07, 6.45) is 3.70. The molecule has 2 fully saturated rings. The zero-order valence-corrected chi connectivity index (χ0v) is 10.3. The zero-order chi connectivity index (χ0) is 11.7. The third-order valence-electron chi connectivity index (χ3n) is 4.11. The second kappa shape index (κ2) is 4.79. The van der Waals surface area contributed by atoms with Crippen molar-refractivity contribution >= 4 is 0 Å². The van der Waals surface area contributed by atoms with Crippen LogP contribution in [0.3, 0.4) is 0 Å². The topological polar surface area (TPSA) is 23.5 Å². The Labute approximate surface area is 103 Å². The van der Waals surface area contributed by atoms with Crippen molar-refractivity contribution in [1.29, 1.82) is 0 Å². The second-order valence-electron chi connectivity index (χ2n) is 5.58. The van der Waals surface area contributed by atoms with Gasteiger partial charge in [0.15, 0.2) is 0 Å². The lowest BCUT2D eigenvalue weighted by Gasteiger charge is -2.36. The zero-order valence-electron chi connectivity index (χ0n) is 10.3. The Bertz CT molecular complexity index is 360. The minimum absolute atomic E-state index is 0.190. The maximum atomic E-state index is 10.3. The average Bonchev–Trinajstić information content (AvgIpc) is 3.14. The van der Waals surface area contributed by atoms with Crippen LogP contribution in [0.5, 0.6) is 0 Å². The molecule has 17 heavy (non-hydrogen) atoms. The third-order valence-corrected chi connectivity index (χ3v) is 4.11. The highest BCUT2D eigenvalue weighted by Crippen LogP contribution is 2.33. The predicted molar refractivity (Wildman–Crippen MR) is 69.0 cm³/mol. The molecule has 1 N–H and O–H groups in total. The molecule has 0 spiro atoms. The van der Waals surface area contributed by atoms with Gasteiger partial charge < -0.3 is 10.0 Å². The van der Waals surface area contributed by atoms with E-state index in [1.165, 1.54) is 24.9 Å². The molecule has 1 saturated carbocycles. The summed E-state index contributed by atoms with van der Waals surface area (Å²) < 4.78 is 0. The quantitative estimate of drug-likeness (QED) is 0.862. The number of hydrogen-bond donors (Lipinski definition) is 1. The van der Waals surface area contributed by atoms with Gasteiger partial charge in [0.1, 0.15) is 0 Å². The summed E-state index contributed by atoms with van der Waals surface area (Å²) in [4.78, 5) is 2.45. The summed E-state index contributed by atoms with van der Waals surface area (Å²) in [6.45, 7) is 3.21. The largest absolute Gasteiger partial charge is 0.391 e. The Hall–Kier alpha value is -0.860. The van der Waals surface area contributed by atoms with Crippen LogP contribution >= 0.6 is 0 Å². The number of benzene rings is 1. The highest BCUT2D eigenvalue weighted by molar-refractivity contribution is 5.21. The van der Waals surface area contributed by atoms with Crippen LogP contribution in [0.1, 0.15) is 30.7 Å². The van der Waals surface area contributed by atoms with Crippen molar-refractivity contribution in [3.63, 3.8) is 0 Å². The van der Waals surface area contributed by atoms with E-state index in [-0.39, 0.29) is 6.10 Å². The molecular weight excluding hydrogens is 210 g/mol. The molecule has 1 aliphatic heterocycles. The van der Waals surface area contributed by atoms with E-state index in [9.17, 15) is 5.11 Å². The summed E-state index contributed by atoms with van der Waals surface area (Å²) in [5.41, 5.74) is 1.30. The van der Waals surface area contributed by atoms with Gasteiger partial charge in [0.05, 0.1) is 6.10 Å². The molecule has 2 atom stereocenters. The molecule has 0 radical (unpaired) electrons. The molecule has 1 aromatic rings. The van der Waals surface area contributed by atoms with Gasteiger partial charge in [-0.3, -0.25) is 0 Å². The lowest BCUT2D eigenvalue weighted by Crippen LogP contribution is -2.43. The Kier molecular flexibility index (Phi) is 3.17. The maximum Gasteiger partial charge on any atom is 0.0735 e. The fourth-order valence-electron chi connectivity index (χ4n) is 2.92. The van der Waals surface area contributed by atoms with Crippen LogP contribution in [0, 0.1) is 5.92 Å². The van der Waals surface area contributed by atoms with E-state index in [1.54, 1.807) is 0 Å². The van der Waals surface area contributed by atoms with Gasteiger partial charge in [0.25, 0.3) is 0 Å². The van der Waals surface area contributed by atoms with Gasteiger partial charge >= 0.3 is 0 Å². The molecule has 92 valence electrons. The number of hydrogen-bond acceptors (Lipinski definition) is 2. The summed E-state index contributed by atoms with van der Waals surface area (Å²) >= 11 is 0. The molecule has 1 heterocycles. The van der Waals surface area contributed by atoms with Crippen molar-refractivity contribution in [2.75, 3.05) is 19.6 Å². The molecule has 3 rings (SSSR count). The van der Waals surface area contributed by atoms with Gasteiger partial charge in [0, 0.05) is 19.0 Å². The summed E-state index contributed by atoms with van der Waals surface area (Å²) in [6, 6.07) is 10.5. The first-order valence-corrected chi connectivity index (χ1v) is 6.78. The van der Waals surface area contributed by atoms with Gasteiger partial charge in [-0.25, -0.2) is 0 Å². The van der Waals surface area contributed by atoms with Gasteiger partial charge in [-0.2, -0.15) is 0 Å². The van der Waals surface area contributed by atoms with Crippen LogP contribution in [-0.4, -0.2) is 35.7 Å². The van der Waals surface area contributed by atoms with Crippen LogP contribution in [-0.2, 0) is 0 Å². The van der Waals surface area contributed by atoms with Crippen LogP contribution in [0.2, 0.25) is 0 Å². The maximum absolute atomic E-state index is 10.3. The molecule has 2 aliphatic rings. The second-order valence-corrected chi connectivity index (χ2v) is 5.58. The van der Waals surface area contributed by atoms with Crippen LogP contribution < -0.4 is 0 Å². The van der Waals surface area contributed by atoms with Gasteiger partial charge in [-0.1, -0.05) is 30.3 Å². The van der Waals surface area contributed by atoms with Gasteiger partial charge in [0.2, 0.25) is 0 Å². The van der Waals surface area contributed by atoms with Crippen LogP contribution in [0.25, 0.3) is 0 Å². The summed E-state index contributed by atoms with van der Waals surface area (Å²) in [7, 11) is 0. The van der Waals surface area contributed by atoms with Crippen LogP contribution in [0.4, 0.5) is 0 Å². The average molecular weight is 231 g/mol. The first-order chi connectivity index (χ1) is 8.33. The molecule has 1 aliphatic carbocycles. The molecule has 0 amide bonds.